The molecule has 168 valence electrons. The van der Waals surface area contributed by atoms with Crippen LogP contribution in [0.3, 0.4) is 0 Å². The van der Waals surface area contributed by atoms with Gasteiger partial charge in [0.25, 0.3) is 5.91 Å². The first-order chi connectivity index (χ1) is 15.9. The molecule has 0 unspecified atom stereocenters. The van der Waals surface area contributed by atoms with Crippen LogP contribution in [0.1, 0.15) is 18.1 Å². The van der Waals surface area contributed by atoms with E-state index in [0.717, 1.165) is 0 Å². The molecule has 0 spiro atoms. The van der Waals surface area contributed by atoms with Gasteiger partial charge in [-0.3, -0.25) is 4.79 Å². The fraction of sp³-hybridized carbons (Fsp3) is 0.120. The van der Waals surface area contributed by atoms with E-state index in [2.05, 4.69) is 21.2 Å². The Morgan fingerprint density at radius 3 is 2.67 bits per heavy atom. The van der Waals surface area contributed by atoms with Gasteiger partial charge in [0.05, 0.1) is 16.1 Å². The SMILES string of the molecule is CCOc1cccc(NC(=O)/C(C#N)=C\c2cc(Cl)c(OCc3ccccc3F)c(Br)c2)c1. The van der Waals surface area contributed by atoms with Crippen molar-refractivity contribution >= 4 is 45.2 Å². The molecular weight excluding hydrogens is 511 g/mol. The Kier molecular flexibility index (Phi) is 8.47. The second-order valence-electron chi connectivity index (χ2n) is 6.78. The Bertz CT molecular complexity index is 1220. The van der Waals surface area contributed by atoms with Crippen molar-refractivity contribution in [3.8, 4) is 17.6 Å². The Morgan fingerprint density at radius 2 is 1.97 bits per heavy atom. The molecule has 0 bridgehead atoms. The number of hydrogen-bond donors (Lipinski definition) is 1. The molecule has 5 nitrogen and oxygen atoms in total. The minimum Gasteiger partial charge on any atom is -0.494 e. The molecule has 0 aromatic heterocycles. The van der Waals surface area contributed by atoms with Crippen molar-refractivity contribution < 1.29 is 18.7 Å². The third kappa shape index (κ3) is 6.58. The quantitative estimate of drug-likeness (QED) is 0.258. The van der Waals surface area contributed by atoms with Crippen molar-refractivity contribution in [1.29, 1.82) is 5.26 Å². The lowest BCUT2D eigenvalue weighted by atomic mass is 10.1. The number of halogens is 3. The normalized spacial score (nSPS) is 10.9. The predicted octanol–water partition coefficient (Wildman–Crippen LogP) is 6.76. The Morgan fingerprint density at radius 1 is 1.18 bits per heavy atom. The smallest absolute Gasteiger partial charge is 0.266 e. The molecule has 0 heterocycles. The van der Waals surface area contributed by atoms with Crippen molar-refractivity contribution in [2.45, 2.75) is 13.5 Å². The number of nitrogens with one attached hydrogen (secondary N) is 1. The molecule has 33 heavy (non-hydrogen) atoms. The average molecular weight is 530 g/mol. The van der Waals surface area contributed by atoms with Gasteiger partial charge in [0, 0.05) is 17.3 Å². The van der Waals surface area contributed by atoms with Gasteiger partial charge in [-0.25, -0.2) is 4.39 Å². The van der Waals surface area contributed by atoms with E-state index in [0.29, 0.717) is 39.4 Å². The number of rotatable bonds is 8. The number of ether oxygens (including phenoxy) is 2. The summed E-state index contributed by atoms with van der Waals surface area (Å²) >= 11 is 9.73. The minimum atomic E-state index is -0.571. The molecule has 1 amide bonds. The van der Waals surface area contributed by atoms with Crippen molar-refractivity contribution in [3.63, 3.8) is 0 Å². The molecule has 0 saturated heterocycles. The van der Waals surface area contributed by atoms with E-state index >= 15 is 0 Å². The zero-order valence-corrected chi connectivity index (χ0v) is 19.9. The maximum atomic E-state index is 13.8. The summed E-state index contributed by atoms with van der Waals surface area (Å²) in [5.74, 6) is -0.00807. The summed E-state index contributed by atoms with van der Waals surface area (Å²) in [6, 6.07) is 18.3. The third-order valence-corrected chi connectivity index (χ3v) is 5.30. The highest BCUT2D eigenvalue weighted by atomic mass is 79.9. The number of amides is 1. The monoisotopic (exact) mass is 528 g/mol. The second kappa shape index (κ2) is 11.5. The van der Waals surface area contributed by atoms with Gasteiger partial charge < -0.3 is 14.8 Å². The van der Waals surface area contributed by atoms with Crippen LogP contribution in [-0.2, 0) is 11.4 Å². The van der Waals surface area contributed by atoms with E-state index in [1.807, 2.05) is 13.0 Å². The number of anilines is 1. The summed E-state index contributed by atoms with van der Waals surface area (Å²) in [5.41, 5.74) is 1.30. The van der Waals surface area contributed by atoms with Crippen molar-refractivity contribution in [3.05, 3.63) is 92.7 Å². The molecule has 1 N–H and O–H groups in total. The fourth-order valence-corrected chi connectivity index (χ4v) is 3.90. The van der Waals surface area contributed by atoms with E-state index in [4.69, 9.17) is 21.1 Å². The topological polar surface area (TPSA) is 71.3 Å². The van der Waals surface area contributed by atoms with E-state index in [1.54, 1.807) is 54.6 Å². The van der Waals surface area contributed by atoms with Crippen LogP contribution in [0.2, 0.25) is 5.02 Å². The first-order valence-corrected chi connectivity index (χ1v) is 11.1. The predicted molar refractivity (Wildman–Crippen MR) is 130 cm³/mol. The lowest BCUT2D eigenvalue weighted by Gasteiger charge is -2.12. The maximum Gasteiger partial charge on any atom is 0.266 e. The van der Waals surface area contributed by atoms with Gasteiger partial charge >= 0.3 is 0 Å². The Hall–Kier alpha value is -3.34. The number of benzene rings is 3. The molecular formula is C25H19BrClFN2O3. The van der Waals surface area contributed by atoms with Crippen LogP contribution < -0.4 is 14.8 Å². The van der Waals surface area contributed by atoms with Gasteiger partial charge in [-0.2, -0.15) is 5.26 Å². The highest BCUT2D eigenvalue weighted by Gasteiger charge is 2.14. The first-order valence-electron chi connectivity index (χ1n) is 9.92. The number of carbonyl (C=O) groups is 1. The Balaban J connectivity index is 1.76. The van der Waals surface area contributed by atoms with Gasteiger partial charge in [-0.1, -0.05) is 35.9 Å². The summed E-state index contributed by atoms with van der Waals surface area (Å²) in [7, 11) is 0. The van der Waals surface area contributed by atoms with Crippen LogP contribution in [0.5, 0.6) is 11.5 Å². The molecule has 8 heteroatoms. The third-order valence-electron chi connectivity index (χ3n) is 4.43. The number of hydrogen-bond acceptors (Lipinski definition) is 4. The zero-order valence-electron chi connectivity index (χ0n) is 17.6. The standard InChI is InChI=1S/C25H19BrClFN2O3/c1-2-32-20-8-5-7-19(13-20)30-25(31)18(14-29)10-16-11-21(26)24(22(27)12-16)33-15-17-6-3-4-9-23(17)28/h3-13H,2,15H2,1H3,(H,30,31)/b18-10-. The molecule has 0 fully saturated rings. The van der Waals surface area contributed by atoms with Gasteiger partial charge in [0.1, 0.15) is 29.8 Å². The van der Waals surface area contributed by atoms with Crippen molar-refractivity contribution in [1.82, 2.24) is 0 Å². The van der Waals surface area contributed by atoms with Crippen LogP contribution in [0.4, 0.5) is 10.1 Å². The summed E-state index contributed by atoms with van der Waals surface area (Å²) in [5, 5.41) is 12.4. The van der Waals surface area contributed by atoms with E-state index < -0.39 is 5.91 Å². The highest BCUT2D eigenvalue weighted by molar-refractivity contribution is 9.10. The molecule has 3 aromatic rings. The van der Waals surface area contributed by atoms with Gasteiger partial charge in [0.2, 0.25) is 0 Å². The second-order valence-corrected chi connectivity index (χ2v) is 8.04. The minimum absolute atomic E-state index is 0.00710. The largest absolute Gasteiger partial charge is 0.494 e. The van der Waals surface area contributed by atoms with Gasteiger partial charge in [-0.15, -0.1) is 0 Å². The first kappa shape index (κ1) is 24.3. The molecule has 0 aliphatic heterocycles. The fourth-order valence-electron chi connectivity index (χ4n) is 2.91. The Labute approximate surface area is 204 Å². The molecule has 0 atom stereocenters. The zero-order chi connectivity index (χ0) is 23.8. The maximum absolute atomic E-state index is 13.8. The van der Waals surface area contributed by atoms with Crippen molar-refractivity contribution in [2.24, 2.45) is 0 Å². The van der Waals surface area contributed by atoms with Crippen molar-refractivity contribution in [2.75, 3.05) is 11.9 Å². The van der Waals surface area contributed by atoms with Crippen LogP contribution in [-0.4, -0.2) is 12.5 Å². The number of carbonyl (C=O) groups excluding carboxylic acids is 1. The summed E-state index contributed by atoms with van der Waals surface area (Å²) < 4.78 is 25.4. The molecule has 3 aromatic carbocycles. The molecule has 0 aliphatic rings. The molecule has 0 radical (unpaired) electrons. The number of nitriles is 1. The van der Waals surface area contributed by atoms with Gasteiger partial charge in [-0.05, 0) is 64.8 Å². The van der Waals surface area contributed by atoms with Crippen LogP contribution >= 0.6 is 27.5 Å². The van der Waals surface area contributed by atoms with Crippen LogP contribution in [0, 0.1) is 17.1 Å². The van der Waals surface area contributed by atoms with Crippen LogP contribution in [0.15, 0.2) is 70.7 Å². The summed E-state index contributed by atoms with van der Waals surface area (Å²) in [6.45, 7) is 2.35. The lowest BCUT2D eigenvalue weighted by molar-refractivity contribution is -0.112. The summed E-state index contributed by atoms with van der Waals surface area (Å²) in [4.78, 5) is 12.6. The molecule has 0 aliphatic carbocycles. The molecule has 0 saturated carbocycles. The molecule has 3 rings (SSSR count). The number of nitrogens with zero attached hydrogens (tertiary/aromatic N) is 1. The van der Waals surface area contributed by atoms with E-state index in [-0.39, 0.29) is 23.0 Å². The highest BCUT2D eigenvalue weighted by Crippen LogP contribution is 2.36. The van der Waals surface area contributed by atoms with Gasteiger partial charge in [0.15, 0.2) is 5.75 Å². The van der Waals surface area contributed by atoms with E-state index in [9.17, 15) is 14.4 Å². The average Bonchev–Trinajstić information content (AvgIpc) is 2.78. The lowest BCUT2D eigenvalue weighted by Crippen LogP contribution is -2.13. The summed E-state index contributed by atoms with van der Waals surface area (Å²) in [6.07, 6.45) is 1.42. The van der Waals surface area contributed by atoms with Crippen LogP contribution in [0.25, 0.3) is 6.08 Å². The van der Waals surface area contributed by atoms with E-state index in [1.165, 1.54) is 12.1 Å².